The number of benzene rings is 2. The summed E-state index contributed by atoms with van der Waals surface area (Å²) >= 11 is 0. The van der Waals surface area contributed by atoms with Gasteiger partial charge in [0.25, 0.3) is 0 Å². The average molecular weight is 254 g/mol. The summed E-state index contributed by atoms with van der Waals surface area (Å²) in [7, 11) is 0. The minimum atomic E-state index is 0.566. The van der Waals surface area contributed by atoms with Gasteiger partial charge >= 0.3 is 0 Å². The summed E-state index contributed by atoms with van der Waals surface area (Å²) in [6, 6.07) is 16.7. The second-order valence-electron chi connectivity index (χ2n) is 5.16. The SMILES string of the molecule is Cc1cc(N)cc(NCCC(C)c2ccccc2)c1. The Hall–Kier alpha value is -1.96. The number of hydrogen-bond donors (Lipinski definition) is 2. The van der Waals surface area contributed by atoms with Crippen LogP contribution in [-0.4, -0.2) is 6.54 Å². The highest BCUT2D eigenvalue weighted by molar-refractivity contribution is 5.56. The molecule has 0 aromatic heterocycles. The summed E-state index contributed by atoms with van der Waals surface area (Å²) < 4.78 is 0. The van der Waals surface area contributed by atoms with Crippen LogP contribution in [0.4, 0.5) is 11.4 Å². The molecule has 19 heavy (non-hydrogen) atoms. The van der Waals surface area contributed by atoms with E-state index in [0.29, 0.717) is 5.92 Å². The minimum Gasteiger partial charge on any atom is -0.399 e. The number of rotatable bonds is 5. The Morgan fingerprint density at radius 1 is 1.11 bits per heavy atom. The fourth-order valence-corrected chi connectivity index (χ4v) is 2.30. The zero-order valence-electron chi connectivity index (χ0n) is 11.7. The molecule has 2 nitrogen and oxygen atoms in total. The van der Waals surface area contributed by atoms with Crippen LogP contribution in [0, 0.1) is 6.92 Å². The van der Waals surface area contributed by atoms with Gasteiger partial charge in [-0.25, -0.2) is 0 Å². The molecular weight excluding hydrogens is 232 g/mol. The Morgan fingerprint density at radius 3 is 2.53 bits per heavy atom. The third-order valence-corrected chi connectivity index (χ3v) is 3.37. The molecule has 2 heteroatoms. The minimum absolute atomic E-state index is 0.566. The summed E-state index contributed by atoms with van der Waals surface area (Å²) in [5.74, 6) is 0.566. The third-order valence-electron chi connectivity index (χ3n) is 3.37. The lowest BCUT2D eigenvalue weighted by atomic mass is 9.98. The Morgan fingerprint density at radius 2 is 1.84 bits per heavy atom. The van der Waals surface area contributed by atoms with Crippen molar-refractivity contribution in [2.24, 2.45) is 0 Å². The highest BCUT2D eigenvalue weighted by atomic mass is 14.9. The summed E-state index contributed by atoms with van der Waals surface area (Å²) in [5, 5.41) is 3.45. The van der Waals surface area contributed by atoms with E-state index in [9.17, 15) is 0 Å². The summed E-state index contributed by atoms with van der Waals surface area (Å²) in [4.78, 5) is 0. The quantitative estimate of drug-likeness (QED) is 0.785. The van der Waals surface area contributed by atoms with Gasteiger partial charge < -0.3 is 11.1 Å². The maximum atomic E-state index is 5.84. The number of nitrogens with two attached hydrogens (primary N) is 1. The standard InChI is InChI=1S/C17H22N2/c1-13-10-16(18)12-17(11-13)19-9-8-14(2)15-6-4-3-5-7-15/h3-7,10-12,14,19H,8-9,18H2,1-2H3. The highest BCUT2D eigenvalue weighted by Crippen LogP contribution is 2.20. The van der Waals surface area contributed by atoms with Gasteiger partial charge in [0.2, 0.25) is 0 Å². The van der Waals surface area contributed by atoms with E-state index in [2.05, 4.69) is 55.6 Å². The molecule has 0 saturated carbocycles. The van der Waals surface area contributed by atoms with Crippen molar-refractivity contribution >= 4 is 11.4 Å². The zero-order chi connectivity index (χ0) is 13.7. The normalized spacial score (nSPS) is 12.1. The van der Waals surface area contributed by atoms with Crippen LogP contribution >= 0.6 is 0 Å². The monoisotopic (exact) mass is 254 g/mol. The lowest BCUT2D eigenvalue weighted by molar-refractivity contribution is 0.706. The third kappa shape index (κ3) is 4.02. The van der Waals surface area contributed by atoms with Crippen LogP contribution in [0.15, 0.2) is 48.5 Å². The fraction of sp³-hybridized carbons (Fsp3) is 0.294. The van der Waals surface area contributed by atoms with Gasteiger partial charge in [-0.3, -0.25) is 0 Å². The van der Waals surface area contributed by atoms with E-state index in [1.807, 2.05) is 12.1 Å². The first kappa shape index (κ1) is 13.5. The maximum Gasteiger partial charge on any atom is 0.0363 e. The Kier molecular flexibility index (Phi) is 4.45. The first-order chi connectivity index (χ1) is 9.15. The molecule has 0 radical (unpaired) electrons. The Balaban J connectivity index is 1.86. The molecular formula is C17H22N2. The van der Waals surface area contributed by atoms with Crippen molar-refractivity contribution in [3.63, 3.8) is 0 Å². The molecule has 0 aliphatic carbocycles. The second kappa shape index (κ2) is 6.28. The second-order valence-corrected chi connectivity index (χ2v) is 5.16. The molecule has 1 atom stereocenters. The van der Waals surface area contributed by atoms with Crippen LogP contribution < -0.4 is 11.1 Å². The zero-order valence-corrected chi connectivity index (χ0v) is 11.7. The van der Waals surface area contributed by atoms with Crippen molar-refractivity contribution in [2.45, 2.75) is 26.2 Å². The molecule has 0 bridgehead atoms. The maximum absolute atomic E-state index is 5.84. The van der Waals surface area contributed by atoms with Crippen LogP contribution in [0.25, 0.3) is 0 Å². The van der Waals surface area contributed by atoms with Crippen LogP contribution in [0.2, 0.25) is 0 Å². The van der Waals surface area contributed by atoms with E-state index in [1.54, 1.807) is 0 Å². The van der Waals surface area contributed by atoms with Crippen molar-refractivity contribution in [1.82, 2.24) is 0 Å². The first-order valence-corrected chi connectivity index (χ1v) is 6.81. The summed E-state index contributed by atoms with van der Waals surface area (Å²) in [6.45, 7) is 5.29. The molecule has 0 aliphatic rings. The molecule has 2 aromatic carbocycles. The van der Waals surface area contributed by atoms with E-state index in [4.69, 9.17) is 5.73 Å². The van der Waals surface area contributed by atoms with Gasteiger partial charge in [0, 0.05) is 17.9 Å². The smallest absolute Gasteiger partial charge is 0.0363 e. The number of nitrogens with one attached hydrogen (secondary N) is 1. The van der Waals surface area contributed by atoms with E-state index in [1.165, 1.54) is 11.1 Å². The van der Waals surface area contributed by atoms with E-state index in [0.717, 1.165) is 24.3 Å². The van der Waals surface area contributed by atoms with Gasteiger partial charge in [0.05, 0.1) is 0 Å². The molecule has 2 rings (SSSR count). The van der Waals surface area contributed by atoms with Gasteiger partial charge in [-0.15, -0.1) is 0 Å². The number of nitrogen functional groups attached to an aromatic ring is 1. The fourth-order valence-electron chi connectivity index (χ4n) is 2.30. The molecule has 2 aromatic rings. The van der Waals surface area contributed by atoms with E-state index < -0.39 is 0 Å². The van der Waals surface area contributed by atoms with Gasteiger partial charge in [0.1, 0.15) is 0 Å². The van der Waals surface area contributed by atoms with Crippen molar-refractivity contribution in [1.29, 1.82) is 0 Å². The van der Waals surface area contributed by atoms with Crippen molar-refractivity contribution in [3.05, 3.63) is 59.7 Å². The number of aryl methyl sites for hydroxylation is 1. The van der Waals surface area contributed by atoms with Crippen molar-refractivity contribution in [3.8, 4) is 0 Å². The molecule has 3 N–H and O–H groups in total. The number of hydrogen-bond acceptors (Lipinski definition) is 2. The Bertz CT molecular complexity index is 500. The molecule has 0 spiro atoms. The number of anilines is 2. The Labute approximate surface area is 115 Å². The molecule has 0 saturated heterocycles. The van der Waals surface area contributed by atoms with E-state index in [-0.39, 0.29) is 0 Å². The van der Waals surface area contributed by atoms with Crippen molar-refractivity contribution < 1.29 is 0 Å². The molecule has 0 amide bonds. The van der Waals surface area contributed by atoms with Crippen LogP contribution in [0.5, 0.6) is 0 Å². The van der Waals surface area contributed by atoms with Crippen LogP contribution in [0.3, 0.4) is 0 Å². The van der Waals surface area contributed by atoms with Gasteiger partial charge in [-0.1, -0.05) is 37.3 Å². The molecule has 0 fully saturated rings. The van der Waals surface area contributed by atoms with E-state index >= 15 is 0 Å². The molecule has 100 valence electrons. The summed E-state index contributed by atoms with van der Waals surface area (Å²) in [6.07, 6.45) is 1.11. The van der Waals surface area contributed by atoms with Crippen molar-refractivity contribution in [2.75, 3.05) is 17.6 Å². The highest BCUT2D eigenvalue weighted by Gasteiger charge is 2.04. The largest absolute Gasteiger partial charge is 0.399 e. The molecule has 0 heterocycles. The van der Waals surface area contributed by atoms with Gasteiger partial charge in [0.15, 0.2) is 0 Å². The van der Waals surface area contributed by atoms with Crippen LogP contribution in [-0.2, 0) is 0 Å². The predicted octanol–water partition coefficient (Wildman–Crippen LogP) is 4.18. The first-order valence-electron chi connectivity index (χ1n) is 6.81. The lowest BCUT2D eigenvalue weighted by Gasteiger charge is -2.13. The van der Waals surface area contributed by atoms with Crippen LogP contribution in [0.1, 0.15) is 30.4 Å². The molecule has 0 aliphatic heterocycles. The molecule has 1 unspecified atom stereocenters. The predicted molar refractivity (Wildman–Crippen MR) is 83.6 cm³/mol. The van der Waals surface area contributed by atoms with Gasteiger partial charge in [-0.05, 0) is 48.6 Å². The average Bonchev–Trinajstić information content (AvgIpc) is 2.38. The lowest BCUT2D eigenvalue weighted by Crippen LogP contribution is -2.06. The van der Waals surface area contributed by atoms with Gasteiger partial charge in [-0.2, -0.15) is 0 Å². The summed E-state index contributed by atoms with van der Waals surface area (Å²) in [5.41, 5.74) is 10.4. The topological polar surface area (TPSA) is 38.0 Å².